The average molecular weight is 369 g/mol. The molecule has 5 nitrogen and oxygen atoms in total. The maximum Gasteiger partial charge on any atom is 0.136 e. The zero-order chi connectivity index (χ0) is 17.9. The number of pyridine rings is 1. The summed E-state index contributed by atoms with van der Waals surface area (Å²) >= 11 is 1.67. The molecule has 1 N–H and O–H groups in total. The lowest BCUT2D eigenvalue weighted by Crippen LogP contribution is -2.35. The number of hydrogen-bond donors (Lipinski definition) is 1. The Labute approximate surface area is 157 Å². The average Bonchev–Trinajstić information content (AvgIpc) is 3.23. The van der Waals surface area contributed by atoms with Crippen LogP contribution >= 0.6 is 11.3 Å². The molecule has 1 saturated heterocycles. The van der Waals surface area contributed by atoms with Crippen LogP contribution < -0.4 is 0 Å². The molecule has 0 saturated carbocycles. The molecule has 0 radical (unpaired) electrons. The highest BCUT2D eigenvalue weighted by atomic mass is 32.1. The minimum atomic E-state index is 0.177. The molecule has 136 valence electrons. The summed E-state index contributed by atoms with van der Waals surface area (Å²) in [6, 6.07) is 4.25. The number of fused-ring (bicyclic) bond motifs is 1. The molecule has 3 aromatic rings. The first kappa shape index (κ1) is 17.4. The third-order valence-electron chi connectivity index (χ3n) is 4.96. The number of piperidine rings is 1. The Morgan fingerprint density at radius 2 is 2.31 bits per heavy atom. The van der Waals surface area contributed by atoms with Gasteiger partial charge in [-0.15, -0.1) is 11.3 Å². The van der Waals surface area contributed by atoms with Crippen LogP contribution in [0.3, 0.4) is 0 Å². The molecule has 1 aliphatic rings. The quantitative estimate of drug-likeness (QED) is 0.722. The first-order valence-corrected chi connectivity index (χ1v) is 10.0. The van der Waals surface area contributed by atoms with Gasteiger partial charge in [-0.2, -0.15) is 0 Å². The summed E-state index contributed by atoms with van der Waals surface area (Å²) in [7, 11) is 0. The molecule has 0 aliphatic carbocycles. The summed E-state index contributed by atoms with van der Waals surface area (Å²) in [5.41, 5.74) is 3.47. The van der Waals surface area contributed by atoms with E-state index in [1.807, 2.05) is 24.7 Å². The van der Waals surface area contributed by atoms with Crippen LogP contribution in [0.15, 0.2) is 30.7 Å². The number of ketones is 1. The number of aromatic amines is 1. The first-order valence-electron chi connectivity index (χ1n) is 9.23. The van der Waals surface area contributed by atoms with E-state index in [0.717, 1.165) is 42.1 Å². The lowest BCUT2D eigenvalue weighted by atomic mass is 9.92. The van der Waals surface area contributed by atoms with Crippen molar-refractivity contribution in [2.24, 2.45) is 5.92 Å². The van der Waals surface area contributed by atoms with E-state index in [0.29, 0.717) is 12.3 Å². The highest BCUT2D eigenvalue weighted by molar-refractivity contribution is 7.11. The Balaban J connectivity index is 1.36. The second kappa shape index (κ2) is 7.68. The monoisotopic (exact) mass is 368 g/mol. The van der Waals surface area contributed by atoms with Crippen LogP contribution in [0, 0.1) is 5.92 Å². The van der Waals surface area contributed by atoms with E-state index in [4.69, 9.17) is 0 Å². The number of nitrogens with one attached hydrogen (secondary N) is 1. The molecule has 0 bridgehead atoms. The molecular formula is C20H24N4OS. The van der Waals surface area contributed by atoms with Crippen LogP contribution in [0.4, 0.5) is 0 Å². The van der Waals surface area contributed by atoms with Crippen LogP contribution in [0.1, 0.15) is 35.2 Å². The second-order valence-electron chi connectivity index (χ2n) is 7.30. The number of H-pyrrole nitrogens is 1. The number of nitrogens with zero attached hydrogens (tertiary/aromatic N) is 3. The fourth-order valence-electron chi connectivity index (χ4n) is 3.82. The summed E-state index contributed by atoms with van der Waals surface area (Å²) in [6.45, 7) is 4.82. The normalized spacial score (nSPS) is 18.4. The topological polar surface area (TPSA) is 61.9 Å². The zero-order valence-corrected chi connectivity index (χ0v) is 15.9. The molecule has 3 aromatic heterocycles. The van der Waals surface area contributed by atoms with Crippen molar-refractivity contribution in [2.45, 2.75) is 39.2 Å². The molecule has 4 heterocycles. The Hall–Kier alpha value is -2.05. The SMILES string of the molecule is CC(=O)Cc1ncc(CN2CCCC(Cc3cnc4cc[nH]c4c3)C2)s1. The van der Waals surface area contributed by atoms with Gasteiger partial charge in [0.2, 0.25) is 0 Å². The van der Waals surface area contributed by atoms with Gasteiger partial charge in [0.05, 0.1) is 17.5 Å². The predicted molar refractivity (Wildman–Crippen MR) is 104 cm³/mol. The highest BCUT2D eigenvalue weighted by Crippen LogP contribution is 2.24. The summed E-state index contributed by atoms with van der Waals surface area (Å²) < 4.78 is 0. The van der Waals surface area contributed by atoms with Crippen LogP contribution in [0.5, 0.6) is 0 Å². The van der Waals surface area contributed by atoms with Gasteiger partial charge in [0, 0.05) is 36.6 Å². The van der Waals surface area contributed by atoms with E-state index < -0.39 is 0 Å². The molecule has 1 fully saturated rings. The third-order valence-corrected chi connectivity index (χ3v) is 5.95. The molecule has 4 rings (SSSR count). The first-order chi connectivity index (χ1) is 12.7. The van der Waals surface area contributed by atoms with Gasteiger partial charge in [0.25, 0.3) is 0 Å². The lowest BCUT2D eigenvalue weighted by Gasteiger charge is -2.32. The summed E-state index contributed by atoms with van der Waals surface area (Å²) in [4.78, 5) is 27.2. The third kappa shape index (κ3) is 4.19. The van der Waals surface area contributed by atoms with Gasteiger partial charge in [0.15, 0.2) is 0 Å². The molecule has 1 unspecified atom stereocenters. The molecule has 0 spiro atoms. The van der Waals surface area contributed by atoms with E-state index in [9.17, 15) is 4.79 Å². The highest BCUT2D eigenvalue weighted by Gasteiger charge is 2.21. The van der Waals surface area contributed by atoms with Gasteiger partial charge in [-0.3, -0.25) is 14.7 Å². The van der Waals surface area contributed by atoms with Gasteiger partial charge < -0.3 is 4.98 Å². The molecule has 1 aliphatic heterocycles. The molecule has 6 heteroatoms. The van der Waals surface area contributed by atoms with Crippen molar-refractivity contribution in [2.75, 3.05) is 13.1 Å². The zero-order valence-electron chi connectivity index (χ0n) is 15.1. The van der Waals surface area contributed by atoms with Crippen LogP contribution in [-0.4, -0.2) is 38.7 Å². The Bertz CT molecular complexity index is 900. The van der Waals surface area contributed by atoms with Gasteiger partial charge in [-0.25, -0.2) is 4.98 Å². The van der Waals surface area contributed by atoms with Crippen molar-refractivity contribution in [3.05, 3.63) is 46.2 Å². The van der Waals surface area contributed by atoms with E-state index in [2.05, 4.69) is 25.9 Å². The standard InChI is InChI=1S/C20H24N4OS/c1-14(25)7-20-23-11-17(26-20)13-24-6-2-3-15(12-24)8-16-9-19-18(22-10-16)4-5-21-19/h4-5,9-11,15,21H,2-3,6-8,12-13H2,1H3. The minimum Gasteiger partial charge on any atom is -0.360 e. The summed E-state index contributed by atoms with van der Waals surface area (Å²) in [5, 5.41) is 0.936. The van der Waals surface area contributed by atoms with Crippen LogP contribution in [-0.2, 0) is 24.2 Å². The maximum absolute atomic E-state index is 11.2. The number of aromatic nitrogens is 3. The van der Waals surface area contributed by atoms with Crippen LogP contribution in [0.2, 0.25) is 0 Å². The van der Waals surface area contributed by atoms with Crippen molar-refractivity contribution in [3.63, 3.8) is 0 Å². The number of likely N-dealkylation sites (tertiary alicyclic amines) is 1. The van der Waals surface area contributed by atoms with E-state index in [1.54, 1.807) is 18.3 Å². The second-order valence-corrected chi connectivity index (χ2v) is 8.50. The number of thiazole rings is 1. The van der Waals surface area contributed by atoms with Crippen molar-refractivity contribution in [1.29, 1.82) is 0 Å². The smallest absolute Gasteiger partial charge is 0.136 e. The van der Waals surface area contributed by atoms with E-state index in [-0.39, 0.29) is 5.78 Å². The molecule has 1 atom stereocenters. The molecule has 26 heavy (non-hydrogen) atoms. The predicted octanol–water partition coefficient (Wildman–Crippen LogP) is 3.61. The Morgan fingerprint density at radius 1 is 1.38 bits per heavy atom. The molecular weight excluding hydrogens is 344 g/mol. The van der Waals surface area contributed by atoms with E-state index >= 15 is 0 Å². The molecule has 0 aromatic carbocycles. The number of rotatable bonds is 6. The lowest BCUT2D eigenvalue weighted by molar-refractivity contribution is -0.116. The van der Waals surface area contributed by atoms with Gasteiger partial charge in [-0.05, 0) is 56.3 Å². The molecule has 0 amide bonds. The summed E-state index contributed by atoms with van der Waals surface area (Å²) in [6.07, 6.45) is 9.96. The number of Topliss-reactive ketones (excluding diaryl/α,β-unsaturated/α-hetero) is 1. The van der Waals surface area contributed by atoms with Crippen molar-refractivity contribution in [1.82, 2.24) is 19.9 Å². The Morgan fingerprint density at radius 3 is 3.19 bits per heavy atom. The van der Waals surface area contributed by atoms with Gasteiger partial charge in [0.1, 0.15) is 10.8 Å². The van der Waals surface area contributed by atoms with E-state index in [1.165, 1.54) is 23.3 Å². The minimum absolute atomic E-state index is 0.177. The summed E-state index contributed by atoms with van der Waals surface area (Å²) in [5.74, 6) is 0.846. The number of carbonyl (C=O) groups is 1. The fourth-order valence-corrected chi connectivity index (χ4v) is 4.86. The van der Waals surface area contributed by atoms with Crippen molar-refractivity contribution in [3.8, 4) is 0 Å². The Kier molecular flexibility index (Phi) is 5.13. The number of hydrogen-bond acceptors (Lipinski definition) is 5. The number of carbonyl (C=O) groups excluding carboxylic acids is 1. The van der Waals surface area contributed by atoms with Crippen LogP contribution in [0.25, 0.3) is 11.0 Å². The fraction of sp³-hybridized carbons (Fsp3) is 0.450. The largest absolute Gasteiger partial charge is 0.360 e. The van der Waals surface area contributed by atoms with Gasteiger partial charge >= 0.3 is 0 Å². The van der Waals surface area contributed by atoms with Crippen molar-refractivity contribution >= 4 is 28.2 Å². The van der Waals surface area contributed by atoms with Crippen molar-refractivity contribution < 1.29 is 4.79 Å². The van der Waals surface area contributed by atoms with Gasteiger partial charge in [-0.1, -0.05) is 0 Å². The maximum atomic E-state index is 11.2.